The first kappa shape index (κ1) is 14.9. The Balaban J connectivity index is 1.68. The molecule has 1 unspecified atom stereocenters. The molecule has 1 heterocycles. The van der Waals surface area contributed by atoms with Crippen LogP contribution < -0.4 is 5.32 Å². The standard InChI is InChI=1S/C17H27N3O/c1-3-9-18-11-13-5-6-15-14(10-13)12-19-16(20-15)17(21-2)7-4-8-17/h12-13,18H,3-11H2,1-2H3. The number of fused-ring (bicyclic) bond motifs is 1. The molecule has 1 N–H and O–H groups in total. The second kappa shape index (κ2) is 6.41. The number of rotatable bonds is 6. The second-order valence-corrected chi connectivity index (χ2v) is 6.53. The van der Waals surface area contributed by atoms with Gasteiger partial charge in [-0.2, -0.15) is 0 Å². The lowest BCUT2D eigenvalue weighted by atomic mass is 9.79. The van der Waals surface area contributed by atoms with E-state index in [4.69, 9.17) is 9.72 Å². The van der Waals surface area contributed by atoms with Crippen LogP contribution in [0.15, 0.2) is 6.20 Å². The van der Waals surface area contributed by atoms with Crippen molar-refractivity contribution in [2.75, 3.05) is 20.2 Å². The van der Waals surface area contributed by atoms with Crippen molar-refractivity contribution in [3.05, 3.63) is 23.3 Å². The monoisotopic (exact) mass is 289 g/mol. The number of methoxy groups -OCH3 is 1. The number of hydrogen-bond acceptors (Lipinski definition) is 4. The molecule has 2 aliphatic rings. The molecule has 1 saturated carbocycles. The van der Waals surface area contributed by atoms with Crippen LogP contribution in [0.5, 0.6) is 0 Å². The van der Waals surface area contributed by atoms with Crippen LogP contribution in [0.1, 0.15) is 56.1 Å². The topological polar surface area (TPSA) is 47.0 Å². The summed E-state index contributed by atoms with van der Waals surface area (Å²) in [5, 5.41) is 3.54. The number of nitrogens with zero attached hydrogens (tertiary/aromatic N) is 2. The molecule has 3 rings (SSSR count). The summed E-state index contributed by atoms with van der Waals surface area (Å²) in [5.41, 5.74) is 2.42. The van der Waals surface area contributed by atoms with Gasteiger partial charge in [0.2, 0.25) is 0 Å². The molecule has 1 aromatic heterocycles. The summed E-state index contributed by atoms with van der Waals surface area (Å²) in [5.74, 6) is 1.65. The Bertz CT molecular complexity index is 479. The van der Waals surface area contributed by atoms with Crippen LogP contribution in [0, 0.1) is 5.92 Å². The van der Waals surface area contributed by atoms with Gasteiger partial charge in [-0.1, -0.05) is 6.92 Å². The maximum atomic E-state index is 5.70. The predicted octanol–water partition coefficient (Wildman–Crippen LogP) is 2.61. The third-order valence-corrected chi connectivity index (χ3v) is 5.07. The van der Waals surface area contributed by atoms with Gasteiger partial charge in [0, 0.05) is 19.0 Å². The summed E-state index contributed by atoms with van der Waals surface area (Å²) in [4.78, 5) is 9.48. The van der Waals surface area contributed by atoms with Crippen molar-refractivity contribution in [2.24, 2.45) is 5.92 Å². The molecular formula is C17H27N3O. The van der Waals surface area contributed by atoms with Crippen LogP contribution in [0.2, 0.25) is 0 Å². The van der Waals surface area contributed by atoms with E-state index < -0.39 is 0 Å². The molecule has 4 nitrogen and oxygen atoms in total. The second-order valence-electron chi connectivity index (χ2n) is 6.53. The third-order valence-electron chi connectivity index (χ3n) is 5.07. The quantitative estimate of drug-likeness (QED) is 0.818. The van der Waals surface area contributed by atoms with Crippen LogP contribution >= 0.6 is 0 Å². The van der Waals surface area contributed by atoms with E-state index in [9.17, 15) is 0 Å². The molecule has 2 aliphatic carbocycles. The first-order chi connectivity index (χ1) is 10.3. The van der Waals surface area contributed by atoms with Gasteiger partial charge in [0.15, 0.2) is 5.82 Å². The summed E-state index contributed by atoms with van der Waals surface area (Å²) < 4.78 is 5.70. The van der Waals surface area contributed by atoms with Crippen molar-refractivity contribution >= 4 is 0 Å². The van der Waals surface area contributed by atoms with E-state index in [2.05, 4.69) is 23.4 Å². The van der Waals surface area contributed by atoms with Gasteiger partial charge in [-0.3, -0.25) is 0 Å². The van der Waals surface area contributed by atoms with E-state index in [1.807, 2.05) is 0 Å². The summed E-state index contributed by atoms with van der Waals surface area (Å²) in [7, 11) is 1.79. The molecule has 0 saturated heterocycles. The fraction of sp³-hybridized carbons (Fsp3) is 0.765. The first-order valence-corrected chi connectivity index (χ1v) is 8.38. The maximum Gasteiger partial charge on any atom is 0.160 e. The van der Waals surface area contributed by atoms with Crippen LogP contribution in [0.25, 0.3) is 0 Å². The molecule has 1 atom stereocenters. The van der Waals surface area contributed by atoms with Crippen molar-refractivity contribution in [1.29, 1.82) is 0 Å². The van der Waals surface area contributed by atoms with E-state index in [-0.39, 0.29) is 5.60 Å². The minimum absolute atomic E-state index is 0.186. The van der Waals surface area contributed by atoms with Crippen molar-refractivity contribution in [2.45, 2.75) is 57.5 Å². The van der Waals surface area contributed by atoms with Gasteiger partial charge in [0.05, 0.1) is 0 Å². The minimum atomic E-state index is -0.186. The molecule has 1 aromatic rings. The largest absolute Gasteiger partial charge is 0.370 e. The van der Waals surface area contributed by atoms with Crippen LogP contribution in [0.4, 0.5) is 0 Å². The summed E-state index contributed by atoms with van der Waals surface area (Å²) in [6, 6.07) is 0. The van der Waals surface area contributed by atoms with Crippen LogP contribution in [0.3, 0.4) is 0 Å². The highest BCUT2D eigenvalue weighted by Gasteiger charge is 2.42. The van der Waals surface area contributed by atoms with Crippen LogP contribution in [-0.2, 0) is 23.2 Å². The lowest BCUT2D eigenvalue weighted by molar-refractivity contribution is -0.0848. The van der Waals surface area contributed by atoms with E-state index >= 15 is 0 Å². The molecule has 0 bridgehead atoms. The summed E-state index contributed by atoms with van der Waals surface area (Å²) >= 11 is 0. The highest BCUT2D eigenvalue weighted by molar-refractivity contribution is 5.24. The third kappa shape index (κ3) is 2.97. The SMILES string of the molecule is CCCNCC1CCc2nc(C3(OC)CCC3)ncc2C1. The van der Waals surface area contributed by atoms with Crippen LogP contribution in [-0.4, -0.2) is 30.2 Å². The lowest BCUT2D eigenvalue weighted by Crippen LogP contribution is -2.38. The Morgan fingerprint density at radius 1 is 1.43 bits per heavy atom. The maximum absolute atomic E-state index is 5.70. The van der Waals surface area contributed by atoms with Crippen molar-refractivity contribution < 1.29 is 4.74 Å². The Hall–Kier alpha value is -1.00. The zero-order valence-electron chi connectivity index (χ0n) is 13.3. The molecule has 0 radical (unpaired) electrons. The van der Waals surface area contributed by atoms with Crippen molar-refractivity contribution in [3.8, 4) is 0 Å². The fourth-order valence-electron chi connectivity index (χ4n) is 3.48. The van der Waals surface area contributed by atoms with Gasteiger partial charge in [0.25, 0.3) is 0 Å². The average molecular weight is 289 g/mol. The number of aryl methyl sites for hydroxylation is 1. The van der Waals surface area contributed by atoms with Gasteiger partial charge < -0.3 is 10.1 Å². The van der Waals surface area contributed by atoms with E-state index in [1.54, 1.807) is 7.11 Å². The minimum Gasteiger partial charge on any atom is -0.370 e. The number of ether oxygens (including phenoxy) is 1. The molecule has 0 aromatic carbocycles. The van der Waals surface area contributed by atoms with Gasteiger partial charge >= 0.3 is 0 Å². The van der Waals surface area contributed by atoms with Gasteiger partial charge in [0.1, 0.15) is 5.60 Å². The smallest absolute Gasteiger partial charge is 0.160 e. The zero-order valence-corrected chi connectivity index (χ0v) is 13.3. The van der Waals surface area contributed by atoms with Gasteiger partial charge in [-0.15, -0.1) is 0 Å². The fourth-order valence-corrected chi connectivity index (χ4v) is 3.48. The van der Waals surface area contributed by atoms with Gasteiger partial charge in [-0.25, -0.2) is 9.97 Å². The highest BCUT2D eigenvalue weighted by Crippen LogP contribution is 2.42. The predicted molar refractivity (Wildman–Crippen MR) is 83.2 cm³/mol. The molecule has 1 fully saturated rings. The number of aromatic nitrogens is 2. The Morgan fingerprint density at radius 3 is 2.95 bits per heavy atom. The van der Waals surface area contributed by atoms with E-state index in [1.165, 1.54) is 30.5 Å². The number of nitrogens with one attached hydrogen (secondary N) is 1. The first-order valence-electron chi connectivity index (χ1n) is 8.38. The van der Waals surface area contributed by atoms with Crippen molar-refractivity contribution in [1.82, 2.24) is 15.3 Å². The molecule has 0 spiro atoms. The average Bonchev–Trinajstić information content (AvgIpc) is 2.47. The molecular weight excluding hydrogens is 262 g/mol. The molecule has 21 heavy (non-hydrogen) atoms. The number of hydrogen-bond donors (Lipinski definition) is 1. The molecule has 116 valence electrons. The summed E-state index contributed by atoms with van der Waals surface area (Å²) in [6.07, 6.45) is 10.0. The summed E-state index contributed by atoms with van der Waals surface area (Å²) in [6.45, 7) is 4.46. The Morgan fingerprint density at radius 2 is 2.29 bits per heavy atom. The Labute approximate surface area is 127 Å². The lowest BCUT2D eigenvalue weighted by Gasteiger charge is -2.39. The van der Waals surface area contributed by atoms with Gasteiger partial charge in [-0.05, 0) is 69.5 Å². The van der Waals surface area contributed by atoms with Crippen molar-refractivity contribution in [3.63, 3.8) is 0 Å². The highest BCUT2D eigenvalue weighted by atomic mass is 16.5. The molecule has 0 amide bonds. The van der Waals surface area contributed by atoms with E-state index in [0.717, 1.165) is 50.5 Å². The molecule has 0 aliphatic heterocycles. The van der Waals surface area contributed by atoms with E-state index in [0.29, 0.717) is 0 Å². The normalized spacial score (nSPS) is 23.4. The zero-order chi connectivity index (χ0) is 14.7. The Kier molecular flexibility index (Phi) is 4.55. The molecule has 4 heteroatoms.